The van der Waals surface area contributed by atoms with Gasteiger partial charge >= 0.3 is 0 Å². The Balaban J connectivity index is 1.61. The number of benzene rings is 2. The van der Waals surface area contributed by atoms with E-state index in [0.29, 0.717) is 12.5 Å². The van der Waals surface area contributed by atoms with Gasteiger partial charge in [-0.2, -0.15) is 0 Å². The molecule has 2 aromatic carbocycles. The van der Waals surface area contributed by atoms with E-state index in [0.717, 1.165) is 47.3 Å². The van der Waals surface area contributed by atoms with Crippen molar-refractivity contribution in [3.8, 4) is 5.75 Å². The predicted molar refractivity (Wildman–Crippen MR) is 113 cm³/mol. The summed E-state index contributed by atoms with van der Waals surface area (Å²) in [5, 5.41) is 0. The molecule has 0 bridgehead atoms. The van der Waals surface area contributed by atoms with E-state index in [1.807, 2.05) is 29.2 Å². The molecule has 27 heavy (non-hydrogen) atoms. The Morgan fingerprint density at radius 1 is 1.26 bits per heavy atom. The number of halogens is 1. The first-order chi connectivity index (χ1) is 13.1. The molecular formula is C22H25BrN2O2. The fourth-order valence-electron chi connectivity index (χ4n) is 3.51. The van der Waals surface area contributed by atoms with Gasteiger partial charge in [-0.1, -0.05) is 40.2 Å². The first kappa shape index (κ1) is 19.6. The highest BCUT2D eigenvalue weighted by molar-refractivity contribution is 9.10. The number of hydrogen-bond acceptors (Lipinski definition) is 3. The number of nitrogens with two attached hydrogens (primary N) is 1. The van der Waals surface area contributed by atoms with Crippen LogP contribution in [0.3, 0.4) is 0 Å². The van der Waals surface area contributed by atoms with Crippen LogP contribution in [0.4, 0.5) is 0 Å². The summed E-state index contributed by atoms with van der Waals surface area (Å²) in [6, 6.07) is 14.2. The molecule has 3 rings (SSSR count). The first-order valence-corrected chi connectivity index (χ1v) is 9.99. The summed E-state index contributed by atoms with van der Waals surface area (Å²) < 4.78 is 6.31. The van der Waals surface area contributed by atoms with E-state index in [1.54, 1.807) is 13.2 Å². The van der Waals surface area contributed by atoms with Gasteiger partial charge in [-0.3, -0.25) is 4.79 Å². The molecule has 0 atom stereocenters. The minimum Gasteiger partial charge on any atom is -0.496 e. The Bertz CT molecular complexity index is 827. The topological polar surface area (TPSA) is 55.6 Å². The normalized spacial score (nSPS) is 15.3. The second-order valence-electron chi connectivity index (χ2n) is 6.77. The zero-order valence-electron chi connectivity index (χ0n) is 15.5. The Morgan fingerprint density at radius 3 is 2.74 bits per heavy atom. The molecule has 0 spiro atoms. The third-order valence-corrected chi connectivity index (χ3v) is 5.56. The van der Waals surface area contributed by atoms with Gasteiger partial charge in [0.25, 0.3) is 0 Å². The van der Waals surface area contributed by atoms with E-state index in [1.165, 1.54) is 5.56 Å². The van der Waals surface area contributed by atoms with Crippen LogP contribution in [-0.4, -0.2) is 31.0 Å². The lowest BCUT2D eigenvalue weighted by Crippen LogP contribution is -2.36. The van der Waals surface area contributed by atoms with Crippen molar-refractivity contribution >= 4 is 27.9 Å². The molecule has 2 N–H and O–H groups in total. The van der Waals surface area contributed by atoms with Crippen LogP contribution >= 0.6 is 15.9 Å². The summed E-state index contributed by atoms with van der Waals surface area (Å²) >= 11 is 3.46. The van der Waals surface area contributed by atoms with Crippen LogP contribution in [0.1, 0.15) is 35.4 Å². The summed E-state index contributed by atoms with van der Waals surface area (Å²) in [4.78, 5) is 14.5. The molecule has 0 radical (unpaired) electrons. The molecule has 1 aliphatic rings. The maximum absolute atomic E-state index is 12.6. The zero-order chi connectivity index (χ0) is 19.2. The van der Waals surface area contributed by atoms with Crippen LogP contribution in [0.25, 0.3) is 6.08 Å². The van der Waals surface area contributed by atoms with Crippen molar-refractivity contribution in [1.29, 1.82) is 0 Å². The number of carbonyl (C=O) groups excluding carboxylic acids is 1. The predicted octanol–water partition coefficient (Wildman–Crippen LogP) is 4.34. The van der Waals surface area contributed by atoms with Gasteiger partial charge in [0, 0.05) is 35.7 Å². The number of amides is 1. The maximum atomic E-state index is 12.6. The van der Waals surface area contributed by atoms with Gasteiger partial charge < -0.3 is 15.4 Å². The van der Waals surface area contributed by atoms with Gasteiger partial charge in [-0.15, -0.1) is 0 Å². The van der Waals surface area contributed by atoms with Crippen LogP contribution in [0.5, 0.6) is 5.75 Å². The lowest BCUT2D eigenvalue weighted by molar-refractivity contribution is -0.126. The van der Waals surface area contributed by atoms with Gasteiger partial charge in [0.2, 0.25) is 5.91 Å². The Kier molecular flexibility index (Phi) is 6.69. The third-order valence-electron chi connectivity index (χ3n) is 5.06. The quantitative estimate of drug-likeness (QED) is 0.720. The number of nitrogens with zero attached hydrogens (tertiary/aromatic N) is 1. The molecule has 0 aliphatic carbocycles. The summed E-state index contributed by atoms with van der Waals surface area (Å²) in [5.74, 6) is 1.29. The minimum absolute atomic E-state index is 0.0474. The highest BCUT2D eigenvalue weighted by Gasteiger charge is 2.22. The second-order valence-corrected chi connectivity index (χ2v) is 7.68. The largest absolute Gasteiger partial charge is 0.496 e. The van der Waals surface area contributed by atoms with Crippen molar-refractivity contribution < 1.29 is 9.53 Å². The van der Waals surface area contributed by atoms with Crippen molar-refractivity contribution in [2.45, 2.75) is 25.3 Å². The minimum atomic E-state index is 0.0474. The number of ether oxygens (including phenoxy) is 1. The molecule has 0 aromatic heterocycles. The highest BCUT2D eigenvalue weighted by Crippen LogP contribution is 2.29. The Morgan fingerprint density at radius 2 is 2.04 bits per heavy atom. The van der Waals surface area contributed by atoms with E-state index in [2.05, 4.69) is 40.2 Å². The standard InChI is InChI=1S/C22H25BrN2O2/c1-27-21-7-6-20(23)14-19(21)5-8-22(26)25-11-9-17(10-12-25)18-4-2-3-16(13-18)15-24/h2-8,13-14,17H,9-12,15,24H2,1H3. The summed E-state index contributed by atoms with van der Waals surface area (Å²) in [7, 11) is 1.63. The fourth-order valence-corrected chi connectivity index (χ4v) is 3.89. The Hall–Kier alpha value is -2.11. The lowest BCUT2D eigenvalue weighted by atomic mass is 9.88. The van der Waals surface area contributed by atoms with E-state index < -0.39 is 0 Å². The van der Waals surface area contributed by atoms with E-state index in [9.17, 15) is 4.79 Å². The number of methoxy groups -OCH3 is 1. The average molecular weight is 429 g/mol. The van der Waals surface area contributed by atoms with Gasteiger partial charge in [-0.05, 0) is 54.2 Å². The van der Waals surface area contributed by atoms with Crippen LogP contribution in [0.15, 0.2) is 53.0 Å². The average Bonchev–Trinajstić information content (AvgIpc) is 2.72. The maximum Gasteiger partial charge on any atom is 0.246 e. The summed E-state index contributed by atoms with van der Waals surface area (Å²) in [6.07, 6.45) is 5.42. The fraction of sp³-hybridized carbons (Fsp3) is 0.318. The number of hydrogen-bond donors (Lipinski definition) is 1. The molecule has 1 amide bonds. The number of carbonyl (C=O) groups is 1. The molecule has 0 unspecified atom stereocenters. The number of piperidine rings is 1. The molecule has 4 nitrogen and oxygen atoms in total. The summed E-state index contributed by atoms with van der Waals surface area (Å²) in [6.45, 7) is 2.11. The van der Waals surface area contributed by atoms with Gasteiger partial charge in [0.05, 0.1) is 7.11 Å². The van der Waals surface area contributed by atoms with Crippen molar-refractivity contribution in [1.82, 2.24) is 4.90 Å². The molecule has 2 aromatic rings. The molecular weight excluding hydrogens is 404 g/mol. The molecule has 1 fully saturated rings. The van der Waals surface area contributed by atoms with Gasteiger partial charge in [0.15, 0.2) is 0 Å². The Labute approximate surface area is 169 Å². The van der Waals surface area contributed by atoms with Crippen LogP contribution in [-0.2, 0) is 11.3 Å². The third kappa shape index (κ3) is 4.99. The molecule has 5 heteroatoms. The van der Waals surface area contributed by atoms with Crippen molar-refractivity contribution in [3.05, 3.63) is 69.7 Å². The molecule has 142 valence electrons. The molecule has 0 saturated carbocycles. The SMILES string of the molecule is COc1ccc(Br)cc1C=CC(=O)N1CCC(c2cccc(CN)c2)CC1. The number of rotatable bonds is 5. The molecule has 1 aliphatic heterocycles. The van der Waals surface area contributed by atoms with Gasteiger partial charge in [0.1, 0.15) is 5.75 Å². The van der Waals surface area contributed by atoms with E-state index in [4.69, 9.17) is 10.5 Å². The van der Waals surface area contributed by atoms with E-state index in [-0.39, 0.29) is 5.91 Å². The van der Waals surface area contributed by atoms with E-state index >= 15 is 0 Å². The lowest BCUT2D eigenvalue weighted by Gasteiger charge is -2.31. The van der Waals surface area contributed by atoms with Crippen LogP contribution in [0.2, 0.25) is 0 Å². The number of likely N-dealkylation sites (tertiary alicyclic amines) is 1. The second kappa shape index (κ2) is 9.20. The summed E-state index contributed by atoms with van der Waals surface area (Å²) in [5.41, 5.74) is 9.13. The monoisotopic (exact) mass is 428 g/mol. The molecule has 1 heterocycles. The highest BCUT2D eigenvalue weighted by atomic mass is 79.9. The van der Waals surface area contributed by atoms with Crippen molar-refractivity contribution in [2.75, 3.05) is 20.2 Å². The first-order valence-electron chi connectivity index (χ1n) is 9.20. The van der Waals surface area contributed by atoms with Crippen molar-refractivity contribution in [3.63, 3.8) is 0 Å². The van der Waals surface area contributed by atoms with Crippen LogP contribution in [0, 0.1) is 0 Å². The molecule has 1 saturated heterocycles. The van der Waals surface area contributed by atoms with Gasteiger partial charge in [-0.25, -0.2) is 0 Å². The van der Waals surface area contributed by atoms with Crippen molar-refractivity contribution in [2.24, 2.45) is 5.73 Å². The zero-order valence-corrected chi connectivity index (χ0v) is 17.1. The van der Waals surface area contributed by atoms with Crippen LogP contribution < -0.4 is 10.5 Å². The smallest absolute Gasteiger partial charge is 0.246 e.